The van der Waals surface area contributed by atoms with Gasteiger partial charge in [0.2, 0.25) is 5.43 Å². The van der Waals surface area contributed by atoms with Crippen LogP contribution >= 0.6 is 11.6 Å². The molecule has 3 unspecified atom stereocenters. The standard InChI is InChI=1S/C25H26ClFN2O5/c1-2-4-14-17-18(14)25(7-13(25)10-30)11-29-9-15(21(31)23(33)20(29)22(17)32)24(34)28-8-12-5-3-6-16(26)19(12)27/h3,5-6,9,13-14,17-18,30,33H,2,4,7-8,10-11H2,1H3,(H,28,34)/t13-,14?,17?,18?,25-/m1/s1. The first kappa shape index (κ1) is 23.1. The largest absolute Gasteiger partial charge is 0.503 e. The zero-order valence-electron chi connectivity index (χ0n) is 18.7. The summed E-state index contributed by atoms with van der Waals surface area (Å²) < 4.78 is 15.7. The number of carbonyl (C=O) groups excluding carboxylic acids is 2. The van der Waals surface area contributed by atoms with Crippen LogP contribution in [0.5, 0.6) is 5.75 Å². The van der Waals surface area contributed by atoms with Gasteiger partial charge in [-0.05, 0) is 42.1 Å². The molecular formula is C25H26ClFN2O5. The number of aromatic nitrogens is 1. The summed E-state index contributed by atoms with van der Waals surface area (Å²) in [4.78, 5) is 39.1. The van der Waals surface area contributed by atoms with Crippen LogP contribution in [-0.2, 0) is 13.1 Å². The number of fused-ring (bicyclic) bond motifs is 3. The summed E-state index contributed by atoms with van der Waals surface area (Å²) in [6.07, 6.45) is 3.88. The Morgan fingerprint density at radius 1 is 1.35 bits per heavy atom. The number of nitrogens with zero attached hydrogens (tertiary/aromatic N) is 1. The number of aliphatic hydroxyl groups excluding tert-OH is 1. The summed E-state index contributed by atoms with van der Waals surface area (Å²) in [5, 5.41) is 23.0. The summed E-state index contributed by atoms with van der Waals surface area (Å²) in [5.41, 5.74) is -1.44. The number of pyridine rings is 1. The number of aromatic hydroxyl groups is 1. The van der Waals surface area contributed by atoms with Gasteiger partial charge in [0.1, 0.15) is 17.1 Å². The van der Waals surface area contributed by atoms with Gasteiger partial charge >= 0.3 is 0 Å². The molecule has 180 valence electrons. The lowest BCUT2D eigenvalue weighted by atomic mass is 9.93. The molecule has 0 saturated heterocycles. The summed E-state index contributed by atoms with van der Waals surface area (Å²) in [7, 11) is 0. The van der Waals surface area contributed by atoms with Crippen LogP contribution < -0.4 is 10.7 Å². The number of halogens is 2. The van der Waals surface area contributed by atoms with Gasteiger partial charge in [-0.25, -0.2) is 4.39 Å². The van der Waals surface area contributed by atoms with Crippen LogP contribution in [0.25, 0.3) is 0 Å². The molecule has 5 atom stereocenters. The highest BCUT2D eigenvalue weighted by Gasteiger charge is 2.73. The molecule has 0 bridgehead atoms. The molecule has 3 aliphatic rings. The van der Waals surface area contributed by atoms with Crippen LogP contribution in [0.4, 0.5) is 4.39 Å². The number of benzene rings is 1. The van der Waals surface area contributed by atoms with Crippen molar-refractivity contribution in [2.75, 3.05) is 6.61 Å². The fraction of sp³-hybridized carbons (Fsp3) is 0.480. The Morgan fingerprint density at radius 2 is 2.12 bits per heavy atom. The van der Waals surface area contributed by atoms with E-state index in [0.717, 1.165) is 19.3 Å². The smallest absolute Gasteiger partial charge is 0.257 e. The van der Waals surface area contributed by atoms with E-state index in [9.17, 15) is 29.0 Å². The van der Waals surface area contributed by atoms with Gasteiger partial charge in [0.25, 0.3) is 5.91 Å². The van der Waals surface area contributed by atoms with Gasteiger partial charge in [0.05, 0.1) is 5.02 Å². The van der Waals surface area contributed by atoms with Crippen molar-refractivity contribution in [2.45, 2.75) is 39.3 Å². The molecule has 1 amide bonds. The number of ketones is 1. The zero-order valence-corrected chi connectivity index (χ0v) is 19.4. The van der Waals surface area contributed by atoms with Gasteiger partial charge in [-0.3, -0.25) is 14.4 Å². The normalized spacial score (nSPS) is 28.8. The number of aliphatic hydroxyl groups is 1. The first-order chi connectivity index (χ1) is 16.2. The molecule has 1 aromatic carbocycles. The number of amides is 1. The second kappa shape index (κ2) is 8.20. The van der Waals surface area contributed by atoms with Gasteiger partial charge < -0.3 is 20.1 Å². The van der Waals surface area contributed by atoms with E-state index in [4.69, 9.17) is 11.6 Å². The number of carbonyl (C=O) groups is 2. The Morgan fingerprint density at radius 3 is 2.79 bits per heavy atom. The Labute approximate surface area is 200 Å². The van der Waals surface area contributed by atoms with Crippen molar-refractivity contribution in [2.24, 2.45) is 29.1 Å². The lowest BCUT2D eigenvalue weighted by Gasteiger charge is -2.21. The zero-order chi connectivity index (χ0) is 24.4. The van der Waals surface area contributed by atoms with E-state index in [1.807, 2.05) is 0 Å². The van der Waals surface area contributed by atoms with E-state index in [1.165, 1.54) is 22.9 Å². The molecule has 2 fully saturated rings. The average Bonchev–Trinajstić information content (AvgIpc) is 3.71. The summed E-state index contributed by atoms with van der Waals surface area (Å²) in [5.74, 6) is -2.39. The van der Waals surface area contributed by atoms with E-state index in [2.05, 4.69) is 12.2 Å². The minimum atomic E-state index is -0.932. The highest BCUT2D eigenvalue weighted by Crippen LogP contribution is 2.73. The third-order valence-electron chi connectivity index (χ3n) is 7.93. The molecule has 2 aromatic rings. The van der Waals surface area contributed by atoms with E-state index in [1.54, 1.807) is 6.07 Å². The molecule has 2 aliphatic carbocycles. The number of Topliss-reactive ketones (excluding diaryl/α,β-unsaturated/α-hetero) is 1. The van der Waals surface area contributed by atoms with Crippen LogP contribution in [0.1, 0.15) is 52.6 Å². The van der Waals surface area contributed by atoms with Crippen molar-refractivity contribution in [3.05, 3.63) is 62.3 Å². The highest BCUT2D eigenvalue weighted by atomic mass is 35.5. The molecule has 9 heteroatoms. The Kier molecular flexibility index (Phi) is 5.56. The monoisotopic (exact) mass is 488 g/mol. The quantitative estimate of drug-likeness (QED) is 0.579. The van der Waals surface area contributed by atoms with Gasteiger partial charge in [-0.2, -0.15) is 0 Å². The third kappa shape index (κ3) is 3.38. The number of hydrogen-bond acceptors (Lipinski definition) is 5. The summed E-state index contributed by atoms with van der Waals surface area (Å²) in [6.45, 7) is 2.21. The fourth-order valence-electron chi connectivity index (χ4n) is 6.19. The predicted molar refractivity (Wildman–Crippen MR) is 122 cm³/mol. The van der Waals surface area contributed by atoms with Crippen molar-refractivity contribution in [3.8, 4) is 5.75 Å². The van der Waals surface area contributed by atoms with E-state index in [-0.39, 0.29) is 69.9 Å². The Hall–Kier alpha value is -2.71. The Bertz CT molecular complexity index is 1260. The lowest BCUT2D eigenvalue weighted by molar-refractivity contribution is 0.0931. The average molecular weight is 489 g/mol. The molecule has 2 heterocycles. The second-order valence-corrected chi connectivity index (χ2v) is 10.2. The topological polar surface area (TPSA) is 109 Å². The predicted octanol–water partition coefficient (Wildman–Crippen LogP) is 3.13. The molecule has 3 N–H and O–H groups in total. The maximum absolute atomic E-state index is 14.2. The van der Waals surface area contributed by atoms with Crippen LogP contribution in [0.3, 0.4) is 0 Å². The molecule has 5 rings (SSSR count). The first-order valence-corrected chi connectivity index (χ1v) is 12.0. The van der Waals surface area contributed by atoms with Crippen molar-refractivity contribution in [1.29, 1.82) is 0 Å². The van der Waals surface area contributed by atoms with Crippen molar-refractivity contribution < 1.29 is 24.2 Å². The highest BCUT2D eigenvalue weighted by molar-refractivity contribution is 6.30. The van der Waals surface area contributed by atoms with Crippen LogP contribution in [-0.4, -0.2) is 33.1 Å². The van der Waals surface area contributed by atoms with Crippen LogP contribution in [0.2, 0.25) is 5.02 Å². The Balaban J connectivity index is 1.48. The summed E-state index contributed by atoms with van der Waals surface area (Å²) in [6, 6.07) is 4.40. The number of rotatable bonds is 6. The minimum absolute atomic E-state index is 0.0102. The van der Waals surface area contributed by atoms with E-state index < -0.39 is 22.9 Å². The molecule has 1 aromatic heterocycles. The number of nitrogens with one attached hydrogen (secondary N) is 1. The van der Waals surface area contributed by atoms with Crippen LogP contribution in [0, 0.1) is 34.9 Å². The molecule has 0 radical (unpaired) electrons. The maximum atomic E-state index is 14.2. The molecule has 2 saturated carbocycles. The van der Waals surface area contributed by atoms with Gasteiger partial charge in [-0.1, -0.05) is 37.1 Å². The summed E-state index contributed by atoms with van der Waals surface area (Å²) >= 11 is 5.78. The van der Waals surface area contributed by atoms with E-state index in [0.29, 0.717) is 6.54 Å². The second-order valence-electron chi connectivity index (χ2n) is 9.78. The molecule has 1 spiro atoms. The SMILES string of the molecule is CCCC1C2C(=O)c3c(O)c(=O)c(C(=O)NCc4cccc(Cl)c4F)cn3C[C@@]3(C[C@@H]3CO)C12. The van der Waals surface area contributed by atoms with Crippen LogP contribution in [0.15, 0.2) is 29.2 Å². The lowest BCUT2D eigenvalue weighted by Crippen LogP contribution is -2.32. The van der Waals surface area contributed by atoms with Gasteiger partial charge in [-0.15, -0.1) is 0 Å². The van der Waals surface area contributed by atoms with Gasteiger partial charge in [0.15, 0.2) is 11.5 Å². The van der Waals surface area contributed by atoms with Crippen molar-refractivity contribution in [3.63, 3.8) is 0 Å². The van der Waals surface area contributed by atoms with Gasteiger partial charge in [0, 0.05) is 37.4 Å². The molecular weight excluding hydrogens is 463 g/mol. The molecule has 34 heavy (non-hydrogen) atoms. The molecule has 7 nitrogen and oxygen atoms in total. The van der Waals surface area contributed by atoms with E-state index >= 15 is 0 Å². The molecule has 1 aliphatic heterocycles. The first-order valence-electron chi connectivity index (χ1n) is 11.6. The van der Waals surface area contributed by atoms with Crippen molar-refractivity contribution >= 4 is 23.3 Å². The third-order valence-corrected chi connectivity index (χ3v) is 8.22. The minimum Gasteiger partial charge on any atom is -0.503 e. The fourth-order valence-corrected chi connectivity index (χ4v) is 6.38. The van der Waals surface area contributed by atoms with Crippen molar-refractivity contribution in [1.82, 2.24) is 9.88 Å². The number of hydrogen-bond donors (Lipinski definition) is 3. The maximum Gasteiger partial charge on any atom is 0.257 e.